The van der Waals surface area contributed by atoms with E-state index in [1.165, 1.54) is 13.0 Å². The monoisotopic (exact) mass is 275 g/mol. The first-order chi connectivity index (χ1) is 8.60. The van der Waals surface area contributed by atoms with Gasteiger partial charge in [-0.2, -0.15) is 13.2 Å². The smallest absolute Gasteiger partial charge is 0.397 e. The Bertz CT molecular complexity index is 524. The normalized spacial score (nSPS) is 11.2. The number of hydrogen-bond donors (Lipinski definition) is 2. The minimum atomic E-state index is -4.63. The molecular formula is C12H12F3NO3. The summed E-state index contributed by atoms with van der Waals surface area (Å²) < 4.78 is 36.2. The van der Waals surface area contributed by atoms with Gasteiger partial charge in [-0.25, -0.2) is 4.79 Å². The molecule has 0 saturated carbocycles. The Morgan fingerprint density at radius 1 is 1.26 bits per heavy atom. The molecule has 0 heterocycles. The molecule has 4 nitrogen and oxygen atoms in total. The second kappa shape index (κ2) is 5.29. The van der Waals surface area contributed by atoms with E-state index >= 15 is 0 Å². The van der Waals surface area contributed by atoms with Gasteiger partial charge in [0, 0.05) is 0 Å². The number of alkyl halides is 3. The van der Waals surface area contributed by atoms with E-state index in [0.717, 1.165) is 0 Å². The maximum absolute atomic E-state index is 12.1. The van der Waals surface area contributed by atoms with Crippen molar-refractivity contribution in [3.8, 4) is 0 Å². The lowest BCUT2D eigenvalue weighted by Gasteiger charge is -2.13. The number of nitrogens with one attached hydrogen (secondary N) is 1. The maximum Gasteiger partial charge on any atom is 0.397 e. The van der Waals surface area contributed by atoms with Crippen LogP contribution in [0, 0.1) is 13.8 Å². The lowest BCUT2D eigenvalue weighted by Crippen LogP contribution is -2.22. The first kappa shape index (κ1) is 15.0. The lowest BCUT2D eigenvalue weighted by molar-refractivity contribution is -0.150. The summed E-state index contributed by atoms with van der Waals surface area (Å²) in [4.78, 5) is 22.2. The Labute approximate surface area is 107 Å². The van der Waals surface area contributed by atoms with Crippen LogP contribution in [0.4, 0.5) is 18.9 Å². The number of aromatic carboxylic acids is 1. The molecule has 104 valence electrons. The summed E-state index contributed by atoms with van der Waals surface area (Å²) in [6, 6.07) is 2.87. The topological polar surface area (TPSA) is 66.4 Å². The average Bonchev–Trinajstić information content (AvgIpc) is 2.18. The summed E-state index contributed by atoms with van der Waals surface area (Å²) in [5.74, 6) is -2.60. The summed E-state index contributed by atoms with van der Waals surface area (Å²) >= 11 is 0. The van der Waals surface area contributed by atoms with Crippen LogP contribution in [-0.4, -0.2) is 23.2 Å². The largest absolute Gasteiger partial charge is 0.478 e. The number of hydrogen-bond acceptors (Lipinski definition) is 2. The Morgan fingerprint density at radius 3 is 2.32 bits per heavy atom. The summed E-state index contributed by atoms with van der Waals surface area (Å²) in [6.07, 6.45) is -6.29. The molecule has 0 unspecified atom stereocenters. The molecule has 0 bridgehead atoms. The highest BCUT2D eigenvalue weighted by Crippen LogP contribution is 2.25. The van der Waals surface area contributed by atoms with Crippen molar-refractivity contribution >= 4 is 17.6 Å². The Hall–Kier alpha value is -2.05. The summed E-state index contributed by atoms with van der Waals surface area (Å²) in [7, 11) is 0. The number of carbonyl (C=O) groups excluding carboxylic acids is 1. The molecule has 7 heteroatoms. The molecule has 1 rings (SSSR count). The minimum absolute atomic E-state index is 0.104. The second-order valence-corrected chi connectivity index (χ2v) is 4.15. The molecule has 0 aliphatic carbocycles. The van der Waals surface area contributed by atoms with Gasteiger partial charge in [0.05, 0.1) is 11.3 Å². The molecule has 1 aromatic carbocycles. The molecule has 0 aliphatic rings. The molecule has 0 fully saturated rings. The van der Waals surface area contributed by atoms with E-state index in [-0.39, 0.29) is 11.3 Å². The second-order valence-electron chi connectivity index (χ2n) is 4.15. The van der Waals surface area contributed by atoms with Gasteiger partial charge in [-0.1, -0.05) is 6.07 Å². The van der Waals surface area contributed by atoms with Crippen LogP contribution in [-0.2, 0) is 4.79 Å². The number of carbonyl (C=O) groups is 2. The molecule has 0 aliphatic heterocycles. The fourth-order valence-corrected chi connectivity index (χ4v) is 1.67. The first-order valence-electron chi connectivity index (χ1n) is 5.31. The Morgan fingerprint density at radius 2 is 1.84 bits per heavy atom. The van der Waals surface area contributed by atoms with Crippen molar-refractivity contribution in [2.75, 3.05) is 5.32 Å². The number of anilines is 1. The molecule has 1 amide bonds. The van der Waals surface area contributed by atoms with Crippen LogP contribution in [0.5, 0.6) is 0 Å². The average molecular weight is 275 g/mol. The fourth-order valence-electron chi connectivity index (χ4n) is 1.67. The van der Waals surface area contributed by atoms with Crippen LogP contribution in [0.1, 0.15) is 27.9 Å². The van der Waals surface area contributed by atoms with E-state index in [0.29, 0.717) is 11.1 Å². The van der Waals surface area contributed by atoms with Crippen LogP contribution in [0.3, 0.4) is 0 Å². The molecule has 0 atom stereocenters. The molecule has 0 saturated heterocycles. The number of amides is 1. The zero-order valence-electron chi connectivity index (χ0n) is 10.3. The molecule has 0 radical (unpaired) electrons. The van der Waals surface area contributed by atoms with E-state index in [1.54, 1.807) is 13.0 Å². The van der Waals surface area contributed by atoms with E-state index in [2.05, 4.69) is 0 Å². The molecule has 0 spiro atoms. The molecular weight excluding hydrogens is 263 g/mol. The zero-order chi connectivity index (χ0) is 14.8. The minimum Gasteiger partial charge on any atom is -0.478 e. The standard InChI is InChI=1S/C12H12F3NO3/c1-6-3-7(2)10(8(4-6)11(18)19)16-9(17)5-12(13,14)15/h3-4H,5H2,1-2H3,(H,16,17)(H,18,19). The van der Waals surface area contributed by atoms with Gasteiger partial charge < -0.3 is 10.4 Å². The van der Waals surface area contributed by atoms with Crippen molar-refractivity contribution in [2.45, 2.75) is 26.4 Å². The lowest BCUT2D eigenvalue weighted by atomic mass is 10.0. The summed E-state index contributed by atoms with van der Waals surface area (Å²) in [6.45, 7) is 3.17. The van der Waals surface area contributed by atoms with Crippen LogP contribution in [0.15, 0.2) is 12.1 Å². The first-order valence-corrected chi connectivity index (χ1v) is 5.31. The van der Waals surface area contributed by atoms with Gasteiger partial charge >= 0.3 is 12.1 Å². The van der Waals surface area contributed by atoms with Crippen molar-refractivity contribution < 1.29 is 27.9 Å². The van der Waals surface area contributed by atoms with Crippen molar-refractivity contribution in [3.63, 3.8) is 0 Å². The van der Waals surface area contributed by atoms with Crippen LogP contribution in [0.2, 0.25) is 0 Å². The highest BCUT2D eigenvalue weighted by molar-refractivity contribution is 6.01. The third-order valence-electron chi connectivity index (χ3n) is 2.34. The van der Waals surface area contributed by atoms with Crippen molar-refractivity contribution in [2.24, 2.45) is 0 Å². The number of carboxylic acids is 1. The maximum atomic E-state index is 12.1. The van der Waals surface area contributed by atoms with Gasteiger partial charge in [0.1, 0.15) is 6.42 Å². The van der Waals surface area contributed by atoms with Crippen molar-refractivity contribution in [3.05, 3.63) is 28.8 Å². The highest BCUT2D eigenvalue weighted by atomic mass is 19.4. The van der Waals surface area contributed by atoms with E-state index in [1.807, 2.05) is 5.32 Å². The molecule has 1 aromatic rings. The van der Waals surface area contributed by atoms with Gasteiger partial charge in [0.25, 0.3) is 0 Å². The van der Waals surface area contributed by atoms with Gasteiger partial charge in [-0.3, -0.25) is 4.79 Å². The van der Waals surface area contributed by atoms with Crippen molar-refractivity contribution in [1.82, 2.24) is 0 Å². The van der Waals surface area contributed by atoms with Crippen LogP contribution in [0.25, 0.3) is 0 Å². The van der Waals surface area contributed by atoms with E-state index in [4.69, 9.17) is 5.11 Å². The number of rotatable bonds is 3. The van der Waals surface area contributed by atoms with Gasteiger partial charge in [-0.05, 0) is 31.0 Å². The van der Waals surface area contributed by atoms with Gasteiger partial charge in [0.2, 0.25) is 5.91 Å². The molecule has 2 N–H and O–H groups in total. The number of carboxylic acid groups (broad SMARTS) is 1. The van der Waals surface area contributed by atoms with E-state index < -0.39 is 24.5 Å². The number of aryl methyl sites for hydroxylation is 2. The Kier molecular flexibility index (Phi) is 4.18. The molecule has 0 aromatic heterocycles. The quantitative estimate of drug-likeness (QED) is 0.891. The van der Waals surface area contributed by atoms with Gasteiger partial charge in [-0.15, -0.1) is 0 Å². The van der Waals surface area contributed by atoms with Crippen LogP contribution < -0.4 is 5.32 Å². The third kappa shape index (κ3) is 4.27. The molecule has 19 heavy (non-hydrogen) atoms. The Balaban J connectivity index is 3.07. The highest BCUT2D eigenvalue weighted by Gasteiger charge is 2.31. The predicted molar refractivity (Wildman–Crippen MR) is 62.2 cm³/mol. The SMILES string of the molecule is Cc1cc(C)c(NC(=O)CC(F)(F)F)c(C(=O)O)c1. The van der Waals surface area contributed by atoms with Crippen LogP contribution >= 0.6 is 0 Å². The predicted octanol–water partition coefficient (Wildman–Crippen LogP) is 2.89. The zero-order valence-corrected chi connectivity index (χ0v) is 10.3. The summed E-state index contributed by atoms with van der Waals surface area (Å²) in [5.41, 5.74) is 0.706. The van der Waals surface area contributed by atoms with E-state index in [9.17, 15) is 22.8 Å². The third-order valence-corrected chi connectivity index (χ3v) is 2.34. The number of halogens is 3. The number of benzene rings is 1. The van der Waals surface area contributed by atoms with Gasteiger partial charge in [0.15, 0.2) is 0 Å². The van der Waals surface area contributed by atoms with Crippen molar-refractivity contribution in [1.29, 1.82) is 0 Å². The fraction of sp³-hybridized carbons (Fsp3) is 0.333. The summed E-state index contributed by atoms with van der Waals surface area (Å²) in [5, 5.41) is 11.0.